The van der Waals surface area contributed by atoms with Crippen molar-refractivity contribution in [2.24, 2.45) is 5.10 Å². The Kier molecular flexibility index (Phi) is 6.02. The number of hydrogen-bond donors (Lipinski definition) is 1. The van der Waals surface area contributed by atoms with Crippen LogP contribution in [0.25, 0.3) is 0 Å². The quantitative estimate of drug-likeness (QED) is 0.568. The molecule has 3 aromatic carbocycles. The van der Waals surface area contributed by atoms with Crippen LogP contribution < -0.4 is 4.72 Å². The third-order valence-electron chi connectivity index (χ3n) is 5.54. The number of nitrogens with zero attached hydrogens (tertiary/aromatic N) is 2. The van der Waals surface area contributed by atoms with E-state index in [1.54, 1.807) is 55.5 Å². The molecule has 172 valence electrons. The second-order valence-electron chi connectivity index (χ2n) is 8.12. The van der Waals surface area contributed by atoms with Crippen LogP contribution in [0.4, 0.5) is 5.69 Å². The van der Waals surface area contributed by atoms with Gasteiger partial charge in [-0.3, -0.25) is 4.72 Å². The smallest absolute Gasteiger partial charge is 0.279 e. The van der Waals surface area contributed by atoms with E-state index in [4.69, 9.17) is 0 Å². The molecule has 1 aliphatic rings. The molecule has 0 bridgehead atoms. The first-order chi connectivity index (χ1) is 15.6. The average Bonchev–Trinajstić information content (AvgIpc) is 3.19. The van der Waals surface area contributed by atoms with Gasteiger partial charge in [0, 0.05) is 12.1 Å². The SMILES string of the molecule is Cc1ccccc1[C@@H]1CC(c2cccc(NS(C)(=O)=O)c2)=NN1S(=O)(=O)c1ccccc1C. The van der Waals surface area contributed by atoms with E-state index in [0.717, 1.165) is 17.4 Å². The van der Waals surface area contributed by atoms with Crippen LogP contribution in [-0.4, -0.2) is 33.2 Å². The van der Waals surface area contributed by atoms with Crippen molar-refractivity contribution in [1.29, 1.82) is 0 Å². The minimum absolute atomic E-state index is 0.209. The highest BCUT2D eigenvalue weighted by Crippen LogP contribution is 2.39. The Balaban J connectivity index is 1.82. The summed E-state index contributed by atoms with van der Waals surface area (Å²) in [5.41, 5.74) is 4.10. The fourth-order valence-electron chi connectivity index (χ4n) is 4.00. The minimum atomic E-state index is -3.93. The van der Waals surface area contributed by atoms with Crippen molar-refractivity contribution in [2.75, 3.05) is 11.0 Å². The maximum atomic E-state index is 13.7. The lowest BCUT2D eigenvalue weighted by atomic mass is 9.96. The van der Waals surface area contributed by atoms with Gasteiger partial charge in [0.25, 0.3) is 10.0 Å². The molecule has 0 aliphatic carbocycles. The van der Waals surface area contributed by atoms with Gasteiger partial charge in [0.05, 0.1) is 22.9 Å². The number of rotatable bonds is 6. The molecule has 0 radical (unpaired) electrons. The van der Waals surface area contributed by atoms with E-state index in [2.05, 4.69) is 9.82 Å². The summed E-state index contributed by atoms with van der Waals surface area (Å²) in [5.74, 6) is 0. The summed E-state index contributed by atoms with van der Waals surface area (Å²) >= 11 is 0. The Labute approximate surface area is 194 Å². The number of sulfonamides is 2. The van der Waals surface area contributed by atoms with Crippen LogP contribution >= 0.6 is 0 Å². The lowest BCUT2D eigenvalue weighted by Crippen LogP contribution is -2.28. The van der Waals surface area contributed by atoms with E-state index in [1.165, 1.54) is 4.41 Å². The highest BCUT2D eigenvalue weighted by molar-refractivity contribution is 7.92. The number of aryl methyl sites for hydroxylation is 2. The molecule has 9 heteroatoms. The van der Waals surface area contributed by atoms with E-state index in [-0.39, 0.29) is 4.90 Å². The normalized spacial score (nSPS) is 16.5. The zero-order valence-corrected chi connectivity index (χ0v) is 20.2. The van der Waals surface area contributed by atoms with Gasteiger partial charge in [-0.15, -0.1) is 0 Å². The summed E-state index contributed by atoms with van der Waals surface area (Å²) in [4.78, 5) is 0.209. The molecular weight excluding hydrogens is 458 g/mol. The molecule has 1 atom stereocenters. The largest absolute Gasteiger partial charge is 0.284 e. The second-order valence-corrected chi connectivity index (χ2v) is 11.6. The Bertz CT molecular complexity index is 1450. The summed E-state index contributed by atoms with van der Waals surface area (Å²) < 4.78 is 54.4. The Morgan fingerprint density at radius 1 is 0.879 bits per heavy atom. The molecule has 4 rings (SSSR count). The van der Waals surface area contributed by atoms with Gasteiger partial charge in [-0.1, -0.05) is 54.6 Å². The van der Waals surface area contributed by atoms with Crippen LogP contribution in [0.3, 0.4) is 0 Å². The van der Waals surface area contributed by atoms with Crippen LogP contribution in [0.1, 0.15) is 34.7 Å². The second kappa shape index (κ2) is 8.64. The maximum Gasteiger partial charge on any atom is 0.279 e. The van der Waals surface area contributed by atoms with Crippen LogP contribution in [0, 0.1) is 13.8 Å². The van der Waals surface area contributed by atoms with Crippen molar-refractivity contribution in [1.82, 2.24) is 4.41 Å². The number of hydrogen-bond acceptors (Lipinski definition) is 5. The molecular formula is C24H25N3O4S2. The van der Waals surface area contributed by atoms with E-state index in [0.29, 0.717) is 28.9 Å². The molecule has 1 N–H and O–H groups in total. The lowest BCUT2D eigenvalue weighted by molar-refractivity contribution is 0.370. The predicted octanol–water partition coefficient (Wildman–Crippen LogP) is 4.21. The lowest BCUT2D eigenvalue weighted by Gasteiger charge is -2.25. The zero-order valence-electron chi connectivity index (χ0n) is 18.6. The predicted molar refractivity (Wildman–Crippen MR) is 130 cm³/mol. The first kappa shape index (κ1) is 23.0. The monoisotopic (exact) mass is 483 g/mol. The summed E-state index contributed by atoms with van der Waals surface area (Å²) in [6.07, 6.45) is 1.44. The van der Waals surface area contributed by atoms with Gasteiger partial charge in [0.1, 0.15) is 0 Å². The molecule has 0 unspecified atom stereocenters. The summed E-state index contributed by atoms with van der Waals surface area (Å²) in [7, 11) is -7.38. The Morgan fingerprint density at radius 3 is 2.21 bits per heavy atom. The molecule has 0 spiro atoms. The van der Waals surface area contributed by atoms with Crippen molar-refractivity contribution in [3.63, 3.8) is 0 Å². The van der Waals surface area contributed by atoms with Crippen molar-refractivity contribution in [3.05, 3.63) is 95.1 Å². The van der Waals surface area contributed by atoms with Crippen molar-refractivity contribution >= 4 is 31.4 Å². The van der Waals surface area contributed by atoms with Gasteiger partial charge in [0.2, 0.25) is 10.0 Å². The first-order valence-electron chi connectivity index (χ1n) is 10.4. The first-order valence-corrected chi connectivity index (χ1v) is 13.7. The van der Waals surface area contributed by atoms with Gasteiger partial charge in [-0.05, 0) is 54.3 Å². The highest BCUT2D eigenvalue weighted by Gasteiger charge is 2.38. The van der Waals surface area contributed by atoms with E-state index in [1.807, 2.05) is 31.2 Å². The molecule has 3 aromatic rings. The van der Waals surface area contributed by atoms with Gasteiger partial charge in [-0.2, -0.15) is 17.9 Å². The molecule has 1 heterocycles. The molecule has 0 fully saturated rings. The molecule has 7 nitrogen and oxygen atoms in total. The molecule has 0 saturated heterocycles. The maximum absolute atomic E-state index is 13.7. The van der Waals surface area contributed by atoms with Crippen LogP contribution in [0.2, 0.25) is 0 Å². The van der Waals surface area contributed by atoms with Crippen LogP contribution in [-0.2, 0) is 20.0 Å². The van der Waals surface area contributed by atoms with E-state index < -0.39 is 26.1 Å². The Morgan fingerprint density at radius 2 is 1.55 bits per heavy atom. The van der Waals surface area contributed by atoms with Crippen LogP contribution in [0.5, 0.6) is 0 Å². The van der Waals surface area contributed by atoms with Gasteiger partial charge < -0.3 is 0 Å². The number of anilines is 1. The number of benzene rings is 3. The third-order valence-corrected chi connectivity index (χ3v) is 7.99. The molecule has 0 amide bonds. The number of nitrogens with one attached hydrogen (secondary N) is 1. The minimum Gasteiger partial charge on any atom is -0.284 e. The molecule has 0 saturated carbocycles. The van der Waals surface area contributed by atoms with E-state index >= 15 is 0 Å². The number of hydrazone groups is 1. The summed E-state index contributed by atoms with van der Waals surface area (Å²) in [5, 5.41) is 4.57. The fourth-order valence-corrected chi connectivity index (χ4v) is 6.21. The average molecular weight is 484 g/mol. The third kappa shape index (κ3) is 4.79. The van der Waals surface area contributed by atoms with Gasteiger partial charge in [-0.25, -0.2) is 8.42 Å². The highest BCUT2D eigenvalue weighted by atomic mass is 32.2. The summed E-state index contributed by atoms with van der Waals surface area (Å²) in [6.45, 7) is 3.71. The van der Waals surface area contributed by atoms with Crippen molar-refractivity contribution in [2.45, 2.75) is 31.2 Å². The molecule has 33 heavy (non-hydrogen) atoms. The van der Waals surface area contributed by atoms with Crippen molar-refractivity contribution in [3.8, 4) is 0 Å². The standard InChI is InChI=1S/C24H25N3O4S2/c1-17-9-4-6-13-21(17)23-16-22(19-11-8-12-20(15-19)26-32(3,28)29)25-27(23)33(30,31)24-14-7-5-10-18(24)2/h4-15,23,26H,16H2,1-3H3/t23-/m0/s1. The van der Waals surface area contributed by atoms with Gasteiger partial charge >= 0.3 is 0 Å². The van der Waals surface area contributed by atoms with E-state index in [9.17, 15) is 16.8 Å². The van der Waals surface area contributed by atoms with Crippen molar-refractivity contribution < 1.29 is 16.8 Å². The summed E-state index contributed by atoms with van der Waals surface area (Å²) in [6, 6.07) is 20.8. The molecule has 1 aliphatic heterocycles. The topological polar surface area (TPSA) is 95.9 Å². The fraction of sp³-hybridized carbons (Fsp3) is 0.208. The van der Waals surface area contributed by atoms with Gasteiger partial charge in [0.15, 0.2) is 0 Å². The van der Waals surface area contributed by atoms with Crippen LogP contribution in [0.15, 0.2) is 82.8 Å². The Hall–Kier alpha value is -3.17. The zero-order chi connectivity index (χ0) is 23.8. The molecule has 0 aromatic heterocycles.